The fraction of sp³-hybridized carbons (Fsp3) is 0.0588. The summed E-state index contributed by atoms with van der Waals surface area (Å²) in [5.41, 5.74) is 3.74. The molecular formula is C17H11N3O4S. The number of fused-ring (bicyclic) bond motifs is 2. The van der Waals surface area contributed by atoms with Crippen molar-refractivity contribution in [2.75, 3.05) is 12.1 Å². The molecule has 25 heavy (non-hydrogen) atoms. The lowest BCUT2D eigenvalue weighted by atomic mass is 10.1. The van der Waals surface area contributed by atoms with Crippen LogP contribution >= 0.6 is 11.3 Å². The lowest BCUT2D eigenvalue weighted by Gasteiger charge is -2.03. The van der Waals surface area contributed by atoms with E-state index < -0.39 is 5.76 Å². The minimum atomic E-state index is -0.462. The van der Waals surface area contributed by atoms with Crippen LogP contribution in [0, 0.1) is 0 Å². The Labute approximate surface area is 144 Å². The summed E-state index contributed by atoms with van der Waals surface area (Å²) in [6.07, 6.45) is 0. The van der Waals surface area contributed by atoms with Crippen LogP contribution in [0.5, 0.6) is 11.5 Å². The van der Waals surface area contributed by atoms with Crippen LogP contribution in [-0.4, -0.2) is 16.8 Å². The minimum Gasteiger partial charge on any atom is -0.454 e. The van der Waals surface area contributed by atoms with Crippen molar-refractivity contribution in [3.05, 3.63) is 52.3 Å². The third kappa shape index (κ3) is 2.52. The van der Waals surface area contributed by atoms with Crippen LogP contribution in [0.3, 0.4) is 0 Å². The number of aromatic amines is 1. The summed E-state index contributed by atoms with van der Waals surface area (Å²) in [5.74, 6) is 0.997. The van der Waals surface area contributed by atoms with Gasteiger partial charge >= 0.3 is 5.76 Å². The van der Waals surface area contributed by atoms with Gasteiger partial charge in [0.1, 0.15) is 0 Å². The molecule has 124 valence electrons. The minimum absolute atomic E-state index is 0.248. The van der Waals surface area contributed by atoms with Crippen molar-refractivity contribution in [3.8, 4) is 22.8 Å². The summed E-state index contributed by atoms with van der Waals surface area (Å²) in [6, 6.07) is 11.2. The zero-order valence-corrected chi connectivity index (χ0v) is 13.6. The second-order valence-electron chi connectivity index (χ2n) is 5.46. The van der Waals surface area contributed by atoms with Gasteiger partial charge in [-0.3, -0.25) is 4.98 Å². The molecule has 0 amide bonds. The molecule has 0 saturated heterocycles. The molecule has 0 fully saturated rings. The smallest absolute Gasteiger partial charge is 0.417 e. The van der Waals surface area contributed by atoms with E-state index in [2.05, 4.69) is 15.3 Å². The summed E-state index contributed by atoms with van der Waals surface area (Å²) in [6.45, 7) is 0.248. The van der Waals surface area contributed by atoms with Crippen molar-refractivity contribution in [2.45, 2.75) is 0 Å². The molecule has 0 bridgehead atoms. The number of nitrogens with one attached hydrogen (secondary N) is 2. The highest BCUT2D eigenvalue weighted by molar-refractivity contribution is 7.14. The number of aromatic nitrogens is 2. The number of benzene rings is 2. The maximum Gasteiger partial charge on any atom is 0.417 e. The molecule has 0 radical (unpaired) electrons. The Balaban J connectivity index is 1.43. The van der Waals surface area contributed by atoms with Crippen LogP contribution in [0.25, 0.3) is 22.4 Å². The Kier molecular flexibility index (Phi) is 3.04. The topological polar surface area (TPSA) is 89.4 Å². The van der Waals surface area contributed by atoms with E-state index >= 15 is 0 Å². The summed E-state index contributed by atoms with van der Waals surface area (Å²) in [4.78, 5) is 18.5. The number of hydrogen-bond donors (Lipinski definition) is 2. The van der Waals surface area contributed by atoms with Gasteiger partial charge in [0.05, 0.1) is 11.2 Å². The van der Waals surface area contributed by atoms with Gasteiger partial charge < -0.3 is 19.2 Å². The first-order chi connectivity index (χ1) is 12.2. The monoisotopic (exact) mass is 353 g/mol. The van der Waals surface area contributed by atoms with Gasteiger partial charge in [0, 0.05) is 22.7 Å². The average Bonchev–Trinajstić information content (AvgIpc) is 3.32. The van der Waals surface area contributed by atoms with Crippen molar-refractivity contribution in [1.82, 2.24) is 9.97 Å². The van der Waals surface area contributed by atoms with Gasteiger partial charge in [-0.15, -0.1) is 11.3 Å². The third-order valence-corrected chi connectivity index (χ3v) is 4.60. The van der Waals surface area contributed by atoms with Crippen LogP contribution in [0.4, 0.5) is 10.8 Å². The van der Waals surface area contributed by atoms with E-state index in [1.54, 1.807) is 12.1 Å². The Morgan fingerprint density at radius 1 is 1.12 bits per heavy atom. The Bertz CT molecular complexity index is 1140. The molecule has 8 heteroatoms. The van der Waals surface area contributed by atoms with Crippen LogP contribution in [-0.2, 0) is 0 Å². The molecule has 2 aromatic carbocycles. The zero-order chi connectivity index (χ0) is 16.8. The van der Waals surface area contributed by atoms with Gasteiger partial charge in [0.25, 0.3) is 0 Å². The standard InChI is InChI=1S/C17H11N3O4S/c21-17-20-11-3-1-9(5-14(11)24-17)12-7-25-16(19-12)18-10-2-4-13-15(6-10)23-8-22-13/h1-7H,8H2,(H,18,19)(H,20,21). The van der Waals surface area contributed by atoms with E-state index in [1.165, 1.54) is 11.3 Å². The Morgan fingerprint density at radius 2 is 2.04 bits per heavy atom. The van der Waals surface area contributed by atoms with Gasteiger partial charge in [0.15, 0.2) is 22.2 Å². The van der Waals surface area contributed by atoms with E-state index in [0.717, 1.165) is 33.6 Å². The molecule has 0 unspecified atom stereocenters. The number of thiazole rings is 1. The lowest BCUT2D eigenvalue weighted by molar-refractivity contribution is 0.174. The van der Waals surface area contributed by atoms with Crippen molar-refractivity contribution in [3.63, 3.8) is 0 Å². The fourth-order valence-electron chi connectivity index (χ4n) is 2.67. The third-order valence-electron chi connectivity index (χ3n) is 3.84. The zero-order valence-electron chi connectivity index (χ0n) is 12.7. The number of rotatable bonds is 3. The molecule has 0 saturated carbocycles. The molecule has 4 aromatic rings. The quantitative estimate of drug-likeness (QED) is 0.583. The highest BCUT2D eigenvalue weighted by Crippen LogP contribution is 2.36. The van der Waals surface area contributed by atoms with Crippen LogP contribution in [0.1, 0.15) is 0 Å². The van der Waals surface area contributed by atoms with Crippen LogP contribution < -0.4 is 20.5 Å². The van der Waals surface area contributed by atoms with Crippen molar-refractivity contribution in [1.29, 1.82) is 0 Å². The normalized spacial score (nSPS) is 12.6. The van der Waals surface area contributed by atoms with Crippen molar-refractivity contribution < 1.29 is 13.9 Å². The average molecular weight is 353 g/mol. The molecule has 3 heterocycles. The van der Waals surface area contributed by atoms with Gasteiger partial charge in [-0.25, -0.2) is 9.78 Å². The molecule has 7 nitrogen and oxygen atoms in total. The molecule has 1 aliphatic rings. The number of anilines is 2. The van der Waals surface area contributed by atoms with Gasteiger partial charge in [-0.05, 0) is 24.3 Å². The van der Waals surface area contributed by atoms with Crippen molar-refractivity contribution >= 4 is 33.3 Å². The summed E-state index contributed by atoms with van der Waals surface area (Å²) < 4.78 is 15.8. The molecule has 5 rings (SSSR count). The van der Waals surface area contributed by atoms with E-state index in [-0.39, 0.29) is 6.79 Å². The first-order valence-electron chi connectivity index (χ1n) is 7.50. The van der Waals surface area contributed by atoms with Gasteiger partial charge in [-0.1, -0.05) is 6.07 Å². The molecule has 0 atom stereocenters. The predicted octanol–water partition coefficient (Wildman–Crippen LogP) is 3.72. The second-order valence-corrected chi connectivity index (χ2v) is 6.31. The first kappa shape index (κ1) is 14.1. The van der Waals surface area contributed by atoms with E-state index in [4.69, 9.17) is 13.9 Å². The number of hydrogen-bond acceptors (Lipinski definition) is 7. The number of H-pyrrole nitrogens is 1. The Morgan fingerprint density at radius 3 is 3.00 bits per heavy atom. The molecular weight excluding hydrogens is 342 g/mol. The molecule has 2 aromatic heterocycles. The highest BCUT2D eigenvalue weighted by Gasteiger charge is 2.14. The summed E-state index contributed by atoms with van der Waals surface area (Å²) >= 11 is 1.49. The van der Waals surface area contributed by atoms with Crippen LogP contribution in [0.15, 0.2) is 51.0 Å². The van der Waals surface area contributed by atoms with E-state index in [9.17, 15) is 4.79 Å². The maximum absolute atomic E-state index is 11.3. The maximum atomic E-state index is 11.3. The molecule has 0 spiro atoms. The highest BCUT2D eigenvalue weighted by atomic mass is 32.1. The summed E-state index contributed by atoms with van der Waals surface area (Å²) in [7, 11) is 0. The van der Waals surface area contributed by atoms with Crippen LogP contribution in [0.2, 0.25) is 0 Å². The Hall–Kier alpha value is -3.26. The number of oxazole rings is 1. The SMILES string of the molecule is O=c1[nH]c2ccc(-c3csc(Nc4ccc5c(c4)OCO5)n3)cc2o1. The first-order valence-corrected chi connectivity index (χ1v) is 8.38. The largest absolute Gasteiger partial charge is 0.454 e. The second kappa shape index (κ2) is 5.38. The lowest BCUT2D eigenvalue weighted by Crippen LogP contribution is -1.93. The summed E-state index contributed by atoms with van der Waals surface area (Å²) in [5, 5.41) is 5.96. The van der Waals surface area contributed by atoms with Gasteiger partial charge in [-0.2, -0.15) is 0 Å². The van der Waals surface area contributed by atoms with Gasteiger partial charge in [0.2, 0.25) is 6.79 Å². The molecule has 2 N–H and O–H groups in total. The molecule has 1 aliphatic heterocycles. The molecule has 0 aliphatic carbocycles. The number of nitrogens with zero attached hydrogens (tertiary/aromatic N) is 1. The number of ether oxygens (including phenoxy) is 2. The predicted molar refractivity (Wildman–Crippen MR) is 93.8 cm³/mol. The fourth-order valence-corrected chi connectivity index (χ4v) is 3.41. The van der Waals surface area contributed by atoms with E-state index in [1.807, 2.05) is 29.6 Å². The van der Waals surface area contributed by atoms with Crippen molar-refractivity contribution in [2.24, 2.45) is 0 Å². The van der Waals surface area contributed by atoms with E-state index in [0.29, 0.717) is 11.1 Å².